The first kappa shape index (κ1) is 20.2. The van der Waals surface area contributed by atoms with Crippen LogP contribution < -0.4 is 9.47 Å². The predicted octanol–water partition coefficient (Wildman–Crippen LogP) is 1.29. The number of benzene rings is 1. The molecule has 1 saturated heterocycles. The highest BCUT2D eigenvalue weighted by Gasteiger charge is 2.40. The number of carbonyl (C=O) groups is 1. The van der Waals surface area contributed by atoms with Gasteiger partial charge < -0.3 is 18.9 Å². The first-order valence-electron chi connectivity index (χ1n) is 8.74. The van der Waals surface area contributed by atoms with Gasteiger partial charge in [0.15, 0.2) is 11.5 Å². The molecule has 0 aromatic heterocycles. The summed E-state index contributed by atoms with van der Waals surface area (Å²) < 4.78 is 51.6. The summed E-state index contributed by atoms with van der Waals surface area (Å²) in [6.07, 6.45) is 1.88. The lowest BCUT2D eigenvalue weighted by Gasteiger charge is -2.30. The maximum absolute atomic E-state index is 12.9. The third kappa shape index (κ3) is 3.83. The molecule has 0 N–H and O–H groups in total. The number of hydrogen-bond acceptors (Lipinski definition) is 7. The van der Waals surface area contributed by atoms with Gasteiger partial charge in [-0.2, -0.15) is 8.42 Å². The van der Waals surface area contributed by atoms with Gasteiger partial charge in [0.2, 0.25) is 0 Å². The minimum Gasteiger partial charge on any atom is -0.493 e. The summed E-state index contributed by atoms with van der Waals surface area (Å²) in [5.41, 5.74) is 0.488. The lowest BCUT2D eigenvalue weighted by molar-refractivity contribution is -0.140. The van der Waals surface area contributed by atoms with Crippen molar-refractivity contribution in [2.24, 2.45) is 4.40 Å². The van der Waals surface area contributed by atoms with E-state index in [-0.39, 0.29) is 24.6 Å². The quantitative estimate of drug-likeness (QED) is 0.651. The number of allylic oxidation sites excluding steroid dienone is 1. The van der Waals surface area contributed by atoms with Gasteiger partial charge in [0.1, 0.15) is 5.70 Å². The monoisotopic (exact) mass is 410 g/mol. The molecule has 0 saturated carbocycles. The van der Waals surface area contributed by atoms with Crippen LogP contribution in [0.2, 0.25) is 0 Å². The zero-order chi connectivity index (χ0) is 20.3. The molecule has 3 rings (SSSR count). The van der Waals surface area contributed by atoms with E-state index in [9.17, 15) is 13.2 Å². The maximum atomic E-state index is 12.9. The zero-order valence-electron chi connectivity index (χ0n) is 15.9. The molecule has 0 bridgehead atoms. The van der Waals surface area contributed by atoms with Gasteiger partial charge in [-0.25, -0.2) is 9.10 Å². The Hall–Kier alpha value is -2.59. The van der Waals surface area contributed by atoms with E-state index in [4.69, 9.17) is 18.9 Å². The molecule has 2 aliphatic heterocycles. The van der Waals surface area contributed by atoms with Gasteiger partial charge in [-0.05, 0) is 37.6 Å². The predicted molar refractivity (Wildman–Crippen MR) is 101 cm³/mol. The molecule has 2 heterocycles. The van der Waals surface area contributed by atoms with Crippen LogP contribution in [-0.4, -0.2) is 64.5 Å². The van der Waals surface area contributed by atoms with Crippen LogP contribution in [0.4, 0.5) is 0 Å². The summed E-state index contributed by atoms with van der Waals surface area (Å²) in [6.45, 7) is 2.38. The summed E-state index contributed by atoms with van der Waals surface area (Å²) >= 11 is 0. The molecule has 2 aliphatic rings. The van der Waals surface area contributed by atoms with Crippen LogP contribution in [0.5, 0.6) is 11.5 Å². The largest absolute Gasteiger partial charge is 0.493 e. The molecule has 0 spiro atoms. The van der Waals surface area contributed by atoms with Gasteiger partial charge in [-0.15, -0.1) is 4.40 Å². The Balaban J connectivity index is 2.08. The Labute approximate surface area is 163 Å². The van der Waals surface area contributed by atoms with Crippen molar-refractivity contribution in [1.82, 2.24) is 4.31 Å². The Kier molecular flexibility index (Phi) is 5.90. The smallest absolute Gasteiger partial charge is 0.355 e. The molecule has 0 unspecified atom stereocenters. The third-order valence-electron chi connectivity index (χ3n) is 4.37. The van der Waals surface area contributed by atoms with Crippen molar-refractivity contribution in [2.45, 2.75) is 19.4 Å². The maximum Gasteiger partial charge on any atom is 0.355 e. The molecule has 1 aromatic carbocycles. The third-order valence-corrected chi connectivity index (χ3v) is 5.79. The fourth-order valence-corrected chi connectivity index (χ4v) is 4.50. The van der Waals surface area contributed by atoms with E-state index in [0.29, 0.717) is 30.1 Å². The van der Waals surface area contributed by atoms with Gasteiger partial charge in [-0.1, -0.05) is 0 Å². The summed E-state index contributed by atoms with van der Waals surface area (Å²) in [5.74, 6) is 0.175. The van der Waals surface area contributed by atoms with Crippen LogP contribution in [0, 0.1) is 0 Å². The Bertz CT molecular complexity index is 918. The normalized spacial score (nSPS) is 21.0. The van der Waals surface area contributed by atoms with Crippen molar-refractivity contribution >= 4 is 21.9 Å². The number of ether oxygens (including phenoxy) is 4. The molecule has 10 heteroatoms. The molecule has 0 radical (unpaired) electrons. The van der Waals surface area contributed by atoms with Crippen molar-refractivity contribution in [3.8, 4) is 11.5 Å². The van der Waals surface area contributed by atoms with Crippen LogP contribution in [-0.2, 0) is 24.5 Å². The molecule has 1 fully saturated rings. The number of esters is 1. The second-order valence-electron chi connectivity index (χ2n) is 6.09. The molecule has 152 valence electrons. The minimum absolute atomic E-state index is 0.0860. The van der Waals surface area contributed by atoms with E-state index in [0.717, 1.165) is 4.31 Å². The van der Waals surface area contributed by atoms with Gasteiger partial charge in [0.25, 0.3) is 0 Å². The van der Waals surface area contributed by atoms with Crippen LogP contribution in [0.25, 0.3) is 0 Å². The first-order chi connectivity index (χ1) is 13.4. The summed E-state index contributed by atoms with van der Waals surface area (Å²) in [6, 6.07) is 4.37. The second-order valence-corrected chi connectivity index (χ2v) is 7.56. The lowest BCUT2D eigenvalue weighted by atomic mass is 10.1. The van der Waals surface area contributed by atoms with Crippen LogP contribution in [0.3, 0.4) is 0 Å². The van der Waals surface area contributed by atoms with Crippen molar-refractivity contribution in [3.63, 3.8) is 0 Å². The molecule has 0 amide bonds. The van der Waals surface area contributed by atoms with E-state index in [1.54, 1.807) is 25.1 Å². The number of methoxy groups -OCH3 is 2. The topological polar surface area (TPSA) is 104 Å². The first-order valence-corrected chi connectivity index (χ1v) is 10.1. The van der Waals surface area contributed by atoms with Crippen molar-refractivity contribution < 1.29 is 32.2 Å². The Morgan fingerprint density at radius 1 is 1.29 bits per heavy atom. The lowest BCUT2D eigenvalue weighted by Crippen LogP contribution is -2.44. The highest BCUT2D eigenvalue weighted by molar-refractivity contribution is 7.88. The summed E-state index contributed by atoms with van der Waals surface area (Å²) in [5, 5.41) is 0. The van der Waals surface area contributed by atoms with Gasteiger partial charge in [-0.3, -0.25) is 0 Å². The van der Waals surface area contributed by atoms with Gasteiger partial charge in [0, 0.05) is 12.2 Å². The van der Waals surface area contributed by atoms with Gasteiger partial charge in [0.05, 0.1) is 39.2 Å². The van der Waals surface area contributed by atoms with Crippen molar-refractivity contribution in [3.05, 3.63) is 35.5 Å². The molecule has 0 aliphatic carbocycles. The molecular weight excluding hydrogens is 388 g/mol. The fraction of sp³-hybridized carbons (Fsp3) is 0.444. The number of nitrogens with zero attached hydrogens (tertiary/aromatic N) is 2. The fourth-order valence-electron chi connectivity index (χ4n) is 3.09. The highest BCUT2D eigenvalue weighted by Crippen LogP contribution is 2.31. The standard InChI is InChI=1S/C18H22N2O7S/c1-4-27-18(21)15-10-14(12-5-6-16(24-2)17(9-12)25-3)19-28(22,23)20(15)13-7-8-26-11-13/h5-6,9-10,13H,4,7-8,11H2,1-3H3/t13-/m1/s1. The van der Waals surface area contributed by atoms with E-state index in [1.807, 2.05) is 0 Å². The van der Waals surface area contributed by atoms with Gasteiger partial charge >= 0.3 is 16.2 Å². The summed E-state index contributed by atoms with van der Waals surface area (Å²) in [7, 11) is -1.18. The molecule has 1 aromatic rings. The van der Waals surface area contributed by atoms with E-state index in [1.165, 1.54) is 20.3 Å². The molecule has 28 heavy (non-hydrogen) atoms. The molecule has 1 atom stereocenters. The highest BCUT2D eigenvalue weighted by atomic mass is 32.2. The second kappa shape index (κ2) is 8.19. The van der Waals surface area contributed by atoms with Crippen LogP contribution in [0.1, 0.15) is 18.9 Å². The Morgan fingerprint density at radius 3 is 2.64 bits per heavy atom. The van der Waals surface area contributed by atoms with E-state index < -0.39 is 22.2 Å². The molecule has 9 nitrogen and oxygen atoms in total. The zero-order valence-corrected chi connectivity index (χ0v) is 16.7. The van der Waals surface area contributed by atoms with E-state index >= 15 is 0 Å². The molecular formula is C18H22N2O7S. The number of carbonyl (C=O) groups excluding carboxylic acids is 1. The SMILES string of the molecule is CCOC(=O)C1=CC(c2ccc(OC)c(OC)c2)=NS(=O)(=O)N1[C@@H]1CCOC1. The number of rotatable bonds is 6. The Morgan fingerprint density at radius 2 is 2.04 bits per heavy atom. The average Bonchev–Trinajstić information content (AvgIpc) is 3.20. The van der Waals surface area contributed by atoms with Crippen molar-refractivity contribution in [2.75, 3.05) is 34.0 Å². The van der Waals surface area contributed by atoms with Crippen LogP contribution >= 0.6 is 0 Å². The average molecular weight is 410 g/mol. The minimum atomic E-state index is -4.15. The summed E-state index contributed by atoms with van der Waals surface area (Å²) in [4.78, 5) is 12.5. The van der Waals surface area contributed by atoms with Crippen LogP contribution in [0.15, 0.2) is 34.4 Å². The van der Waals surface area contributed by atoms with Crippen molar-refractivity contribution in [1.29, 1.82) is 0 Å². The van der Waals surface area contributed by atoms with E-state index in [2.05, 4.69) is 4.40 Å². The number of hydrogen-bond donors (Lipinski definition) is 0.